The molecule has 134 valence electrons. The van der Waals surface area contributed by atoms with Crippen molar-refractivity contribution in [2.24, 2.45) is 0 Å². The number of benzene rings is 2. The molecule has 0 radical (unpaired) electrons. The van der Waals surface area contributed by atoms with E-state index in [-0.39, 0.29) is 28.0 Å². The fraction of sp³-hybridized carbons (Fsp3) is 0.263. The van der Waals surface area contributed by atoms with E-state index in [9.17, 15) is 13.2 Å². The van der Waals surface area contributed by atoms with Gasteiger partial charge in [-0.05, 0) is 29.2 Å². The minimum Gasteiger partial charge on any atom is -0.392 e. The first kappa shape index (κ1) is 19.9. The van der Waals surface area contributed by atoms with Crippen LogP contribution in [0.2, 0.25) is 5.02 Å². The molecular weight excluding hydrogens is 369 g/mol. The third-order valence-electron chi connectivity index (χ3n) is 3.58. The van der Waals surface area contributed by atoms with Gasteiger partial charge in [-0.2, -0.15) is 13.2 Å². The lowest BCUT2D eigenvalue weighted by Crippen LogP contribution is -2.09. The molecule has 0 spiro atoms. The highest BCUT2D eigenvalue weighted by atomic mass is 35.5. The predicted molar refractivity (Wildman–Crippen MR) is 97.2 cm³/mol. The van der Waals surface area contributed by atoms with Crippen LogP contribution in [0.1, 0.15) is 36.5 Å². The highest BCUT2D eigenvalue weighted by Crippen LogP contribution is 2.45. The number of aliphatic hydroxyl groups is 1. The summed E-state index contributed by atoms with van der Waals surface area (Å²) >= 11 is 7.10. The third kappa shape index (κ3) is 4.81. The molecule has 0 atom stereocenters. The second kappa shape index (κ2) is 8.30. The van der Waals surface area contributed by atoms with Crippen LogP contribution in [0.5, 0.6) is 0 Å². The van der Waals surface area contributed by atoms with Gasteiger partial charge >= 0.3 is 6.18 Å². The SMILES string of the molecule is CC(C)c1ccccc1Sc1ccc(/C=C/CO)c(Cl)c1C(F)(F)F. The van der Waals surface area contributed by atoms with Gasteiger partial charge in [0.05, 0.1) is 17.2 Å². The summed E-state index contributed by atoms with van der Waals surface area (Å²) in [5, 5.41) is 8.47. The van der Waals surface area contributed by atoms with Gasteiger partial charge < -0.3 is 5.11 Å². The zero-order valence-electron chi connectivity index (χ0n) is 13.8. The van der Waals surface area contributed by atoms with Gasteiger partial charge in [-0.1, -0.05) is 73.6 Å². The van der Waals surface area contributed by atoms with Gasteiger partial charge in [0, 0.05) is 9.79 Å². The van der Waals surface area contributed by atoms with Crippen LogP contribution in [0.15, 0.2) is 52.3 Å². The average Bonchev–Trinajstić information content (AvgIpc) is 2.53. The number of aliphatic hydroxyl groups excluding tert-OH is 1. The van der Waals surface area contributed by atoms with Gasteiger partial charge in [0.15, 0.2) is 0 Å². The van der Waals surface area contributed by atoms with Gasteiger partial charge in [0.2, 0.25) is 0 Å². The normalized spacial score (nSPS) is 12.3. The molecule has 6 heteroatoms. The van der Waals surface area contributed by atoms with Crippen molar-refractivity contribution in [3.8, 4) is 0 Å². The molecule has 0 aliphatic carbocycles. The fourth-order valence-corrected chi connectivity index (χ4v) is 4.05. The number of halogens is 4. The van der Waals surface area contributed by atoms with Crippen LogP contribution in [0, 0.1) is 0 Å². The van der Waals surface area contributed by atoms with Crippen molar-refractivity contribution in [1.82, 2.24) is 0 Å². The zero-order valence-corrected chi connectivity index (χ0v) is 15.3. The summed E-state index contributed by atoms with van der Waals surface area (Å²) in [6.45, 7) is 3.73. The van der Waals surface area contributed by atoms with Crippen molar-refractivity contribution < 1.29 is 18.3 Å². The highest BCUT2D eigenvalue weighted by molar-refractivity contribution is 7.99. The standard InChI is InChI=1S/C19H18ClF3OS/c1-12(2)14-7-3-4-8-15(14)25-16-10-9-13(6-5-11-24)18(20)17(16)19(21,22)23/h3-10,12,24H,11H2,1-2H3/b6-5+. The predicted octanol–water partition coefficient (Wildman–Crippen LogP) is 6.64. The van der Waals surface area contributed by atoms with Crippen molar-refractivity contribution in [3.63, 3.8) is 0 Å². The first-order valence-corrected chi connectivity index (χ1v) is 8.89. The second-order valence-electron chi connectivity index (χ2n) is 5.72. The molecule has 0 bridgehead atoms. The molecule has 2 aromatic carbocycles. The van der Waals surface area contributed by atoms with Gasteiger partial charge in [0.25, 0.3) is 0 Å². The molecule has 0 aliphatic heterocycles. The van der Waals surface area contributed by atoms with Gasteiger partial charge in [-0.3, -0.25) is 0 Å². The molecular formula is C19H18ClF3OS. The topological polar surface area (TPSA) is 20.2 Å². The van der Waals surface area contributed by atoms with Crippen LogP contribution in [0.25, 0.3) is 6.08 Å². The van der Waals surface area contributed by atoms with E-state index in [0.29, 0.717) is 0 Å². The van der Waals surface area contributed by atoms with Gasteiger partial charge in [0.1, 0.15) is 0 Å². The lowest BCUT2D eigenvalue weighted by atomic mass is 10.0. The Kier molecular flexibility index (Phi) is 6.60. The summed E-state index contributed by atoms with van der Waals surface area (Å²) in [6, 6.07) is 10.4. The lowest BCUT2D eigenvalue weighted by Gasteiger charge is -2.18. The summed E-state index contributed by atoms with van der Waals surface area (Å²) in [4.78, 5) is 0.837. The Bertz CT molecular complexity index is 770. The van der Waals surface area contributed by atoms with Crippen LogP contribution in [-0.4, -0.2) is 11.7 Å². The average molecular weight is 387 g/mol. The summed E-state index contributed by atoms with van der Waals surface area (Å²) < 4.78 is 40.8. The Morgan fingerprint density at radius 1 is 1.12 bits per heavy atom. The number of rotatable bonds is 5. The maximum Gasteiger partial charge on any atom is 0.418 e. The smallest absolute Gasteiger partial charge is 0.392 e. The third-order valence-corrected chi connectivity index (χ3v) is 5.14. The van der Waals surface area contributed by atoms with E-state index in [2.05, 4.69) is 0 Å². The molecule has 0 fully saturated rings. The van der Waals surface area contributed by atoms with E-state index in [1.807, 2.05) is 32.0 Å². The molecule has 0 saturated heterocycles. The first-order chi connectivity index (χ1) is 11.8. The summed E-state index contributed by atoms with van der Waals surface area (Å²) in [5.41, 5.74) is 0.364. The van der Waals surface area contributed by atoms with Crippen LogP contribution < -0.4 is 0 Å². The van der Waals surface area contributed by atoms with E-state index in [4.69, 9.17) is 16.7 Å². The van der Waals surface area contributed by atoms with E-state index >= 15 is 0 Å². The molecule has 0 saturated carbocycles. The molecule has 1 nitrogen and oxygen atoms in total. The Hall–Kier alpha value is -1.43. The summed E-state index contributed by atoms with van der Waals surface area (Å²) in [5.74, 6) is 0.195. The molecule has 0 aliphatic rings. The monoisotopic (exact) mass is 386 g/mol. The summed E-state index contributed by atoms with van der Waals surface area (Å²) in [7, 11) is 0. The molecule has 0 unspecified atom stereocenters. The zero-order chi connectivity index (χ0) is 18.6. The summed E-state index contributed by atoms with van der Waals surface area (Å²) in [6.07, 6.45) is -1.84. The number of alkyl halides is 3. The Morgan fingerprint density at radius 2 is 1.80 bits per heavy atom. The fourth-order valence-electron chi connectivity index (χ4n) is 2.40. The van der Waals surface area contributed by atoms with Crippen molar-refractivity contribution in [1.29, 1.82) is 0 Å². The molecule has 0 heterocycles. The number of hydrogen-bond donors (Lipinski definition) is 1. The number of hydrogen-bond acceptors (Lipinski definition) is 2. The van der Waals surface area contributed by atoms with Crippen molar-refractivity contribution in [3.05, 3.63) is 64.2 Å². The van der Waals surface area contributed by atoms with Crippen molar-refractivity contribution in [2.45, 2.75) is 35.7 Å². The highest BCUT2D eigenvalue weighted by Gasteiger charge is 2.37. The largest absolute Gasteiger partial charge is 0.418 e. The Morgan fingerprint density at radius 3 is 2.40 bits per heavy atom. The van der Waals surface area contributed by atoms with Gasteiger partial charge in [-0.25, -0.2) is 0 Å². The van der Waals surface area contributed by atoms with Crippen LogP contribution in [0.4, 0.5) is 13.2 Å². The second-order valence-corrected chi connectivity index (χ2v) is 7.18. The van der Waals surface area contributed by atoms with E-state index < -0.39 is 11.7 Å². The maximum absolute atomic E-state index is 13.6. The van der Waals surface area contributed by atoms with Crippen LogP contribution in [-0.2, 0) is 6.18 Å². The van der Waals surface area contributed by atoms with Crippen molar-refractivity contribution in [2.75, 3.05) is 6.61 Å². The van der Waals surface area contributed by atoms with Gasteiger partial charge in [-0.15, -0.1) is 0 Å². The first-order valence-electron chi connectivity index (χ1n) is 7.69. The molecule has 2 aromatic rings. The van der Waals surface area contributed by atoms with Crippen LogP contribution >= 0.6 is 23.4 Å². The molecule has 0 amide bonds. The van der Waals surface area contributed by atoms with E-state index in [1.165, 1.54) is 24.3 Å². The molecule has 2 rings (SSSR count). The van der Waals surface area contributed by atoms with E-state index in [0.717, 1.165) is 22.2 Å². The maximum atomic E-state index is 13.6. The van der Waals surface area contributed by atoms with E-state index in [1.54, 1.807) is 6.07 Å². The molecule has 1 N–H and O–H groups in total. The minimum absolute atomic E-state index is 0.0618. The quantitative estimate of drug-likeness (QED) is 0.621. The lowest BCUT2D eigenvalue weighted by molar-refractivity contribution is -0.139. The Labute approximate surface area is 154 Å². The van der Waals surface area contributed by atoms with Crippen molar-refractivity contribution >= 4 is 29.4 Å². The van der Waals surface area contributed by atoms with Crippen LogP contribution in [0.3, 0.4) is 0 Å². The minimum atomic E-state index is -4.57. The Balaban J connectivity index is 2.55. The molecule has 25 heavy (non-hydrogen) atoms. The molecule has 0 aromatic heterocycles.